The van der Waals surface area contributed by atoms with Crippen LogP contribution in [0.1, 0.15) is 28.9 Å². The predicted molar refractivity (Wildman–Crippen MR) is 101 cm³/mol. The highest BCUT2D eigenvalue weighted by molar-refractivity contribution is 6.31. The summed E-state index contributed by atoms with van der Waals surface area (Å²) < 4.78 is 44.1. The Hall–Kier alpha value is -2.81. The summed E-state index contributed by atoms with van der Waals surface area (Å²) in [6, 6.07) is 7.56. The van der Waals surface area contributed by atoms with Crippen LogP contribution in [0.5, 0.6) is 0 Å². The number of oxazole rings is 1. The number of halogens is 4. The Kier molecular flexibility index (Phi) is 5.08. The number of benzene rings is 1. The Labute approximate surface area is 168 Å². The standard InChI is InChI=1S/C19H16ClF3N4O2/c20-12-1-2-15-14(10-12)26-18(29-15)27-7-4-13(5-8-27)25-17(28)11-3-6-24-16(9-11)19(21,22)23/h1-3,6,9-10,13H,4-5,7-8H2,(H,25,28). The molecular weight excluding hydrogens is 409 g/mol. The number of amides is 1. The van der Waals surface area contributed by atoms with E-state index in [1.807, 2.05) is 4.90 Å². The second kappa shape index (κ2) is 7.55. The average molecular weight is 425 g/mol. The smallest absolute Gasteiger partial charge is 0.423 e. The number of alkyl halides is 3. The zero-order chi connectivity index (χ0) is 20.6. The van der Waals surface area contributed by atoms with Crippen LogP contribution in [0.25, 0.3) is 11.1 Å². The molecule has 1 amide bonds. The molecular formula is C19H16ClF3N4O2. The van der Waals surface area contributed by atoms with Crippen LogP contribution in [0.2, 0.25) is 5.02 Å². The summed E-state index contributed by atoms with van der Waals surface area (Å²) in [7, 11) is 0. The van der Waals surface area contributed by atoms with E-state index in [0.717, 1.165) is 12.3 Å². The lowest BCUT2D eigenvalue weighted by atomic mass is 10.0. The number of nitrogens with one attached hydrogen (secondary N) is 1. The van der Waals surface area contributed by atoms with E-state index in [1.54, 1.807) is 18.2 Å². The van der Waals surface area contributed by atoms with Gasteiger partial charge in [-0.3, -0.25) is 9.78 Å². The number of carbonyl (C=O) groups excluding carboxylic acids is 1. The summed E-state index contributed by atoms with van der Waals surface area (Å²) in [6.45, 7) is 1.19. The van der Waals surface area contributed by atoms with Crippen molar-refractivity contribution >= 4 is 34.6 Å². The Bertz CT molecular complexity index is 1050. The molecule has 1 aliphatic heterocycles. The van der Waals surface area contributed by atoms with Gasteiger partial charge in [-0.15, -0.1) is 0 Å². The lowest BCUT2D eigenvalue weighted by molar-refractivity contribution is -0.141. The number of pyridine rings is 1. The molecule has 0 saturated carbocycles. The van der Waals surface area contributed by atoms with Crippen LogP contribution in [0.15, 0.2) is 40.9 Å². The molecule has 0 unspecified atom stereocenters. The molecule has 2 aromatic heterocycles. The minimum absolute atomic E-state index is 0.0643. The maximum atomic E-state index is 12.8. The first kappa shape index (κ1) is 19.5. The van der Waals surface area contributed by atoms with Crippen LogP contribution in [0, 0.1) is 0 Å². The van der Waals surface area contributed by atoms with Crippen molar-refractivity contribution in [3.63, 3.8) is 0 Å². The summed E-state index contributed by atoms with van der Waals surface area (Å²) in [5, 5.41) is 3.36. The number of fused-ring (bicyclic) bond motifs is 1. The van der Waals surface area contributed by atoms with Crippen LogP contribution in [-0.4, -0.2) is 35.0 Å². The van der Waals surface area contributed by atoms with Gasteiger partial charge in [0.1, 0.15) is 11.2 Å². The summed E-state index contributed by atoms with van der Waals surface area (Å²) in [4.78, 5) is 22.0. The summed E-state index contributed by atoms with van der Waals surface area (Å²) in [5.41, 5.74) is 0.153. The molecule has 1 N–H and O–H groups in total. The van der Waals surface area contributed by atoms with Crippen molar-refractivity contribution in [3.05, 3.63) is 52.8 Å². The molecule has 1 aliphatic rings. The molecule has 0 spiro atoms. The molecule has 1 saturated heterocycles. The minimum atomic E-state index is -4.59. The van der Waals surface area contributed by atoms with Crippen LogP contribution in [-0.2, 0) is 6.18 Å². The maximum absolute atomic E-state index is 12.8. The summed E-state index contributed by atoms with van der Waals surface area (Å²) in [6.07, 6.45) is -2.38. The molecule has 3 aromatic rings. The van der Waals surface area contributed by atoms with Gasteiger partial charge in [-0.05, 0) is 43.2 Å². The zero-order valence-electron chi connectivity index (χ0n) is 15.0. The quantitative estimate of drug-likeness (QED) is 0.679. The fourth-order valence-corrected chi connectivity index (χ4v) is 3.40. The van der Waals surface area contributed by atoms with Gasteiger partial charge >= 0.3 is 6.18 Å². The molecule has 4 rings (SSSR count). The lowest BCUT2D eigenvalue weighted by Gasteiger charge is -2.31. The number of carbonyl (C=O) groups is 1. The summed E-state index contributed by atoms with van der Waals surface area (Å²) >= 11 is 5.96. The first-order chi connectivity index (χ1) is 13.8. The van der Waals surface area contributed by atoms with Crippen LogP contribution in [0.4, 0.5) is 19.2 Å². The molecule has 0 aliphatic carbocycles. The third kappa shape index (κ3) is 4.29. The highest BCUT2D eigenvalue weighted by atomic mass is 35.5. The number of nitrogens with zero attached hydrogens (tertiary/aromatic N) is 3. The van der Waals surface area contributed by atoms with Gasteiger partial charge in [-0.1, -0.05) is 11.6 Å². The molecule has 152 valence electrons. The van der Waals surface area contributed by atoms with E-state index in [-0.39, 0.29) is 11.6 Å². The first-order valence-corrected chi connectivity index (χ1v) is 9.32. The predicted octanol–water partition coefficient (Wildman–Crippen LogP) is 4.29. The van der Waals surface area contributed by atoms with Crippen molar-refractivity contribution in [3.8, 4) is 0 Å². The molecule has 6 nitrogen and oxygen atoms in total. The van der Waals surface area contributed by atoms with E-state index in [9.17, 15) is 18.0 Å². The Balaban J connectivity index is 1.37. The summed E-state index contributed by atoms with van der Waals surface area (Å²) in [5.74, 6) is -0.548. The monoisotopic (exact) mass is 424 g/mol. The Morgan fingerprint density at radius 2 is 1.97 bits per heavy atom. The number of hydrogen-bond acceptors (Lipinski definition) is 5. The van der Waals surface area contributed by atoms with Gasteiger partial charge in [0.15, 0.2) is 5.58 Å². The third-order valence-electron chi connectivity index (χ3n) is 4.75. The minimum Gasteiger partial charge on any atom is -0.423 e. The van der Waals surface area contributed by atoms with Crippen molar-refractivity contribution in [2.75, 3.05) is 18.0 Å². The van der Waals surface area contributed by atoms with Crippen LogP contribution < -0.4 is 10.2 Å². The van der Waals surface area contributed by atoms with Gasteiger partial charge in [0.2, 0.25) is 0 Å². The zero-order valence-corrected chi connectivity index (χ0v) is 15.8. The molecule has 1 fully saturated rings. The normalized spacial score (nSPS) is 15.7. The number of hydrogen-bond donors (Lipinski definition) is 1. The number of aromatic nitrogens is 2. The van der Waals surface area contributed by atoms with E-state index in [0.29, 0.717) is 48.1 Å². The third-order valence-corrected chi connectivity index (χ3v) is 4.99. The Morgan fingerprint density at radius 1 is 1.21 bits per heavy atom. The van der Waals surface area contributed by atoms with Gasteiger partial charge in [0.05, 0.1) is 0 Å². The number of anilines is 1. The molecule has 10 heteroatoms. The van der Waals surface area contributed by atoms with Gasteiger partial charge in [0.25, 0.3) is 11.9 Å². The SMILES string of the molecule is O=C(NC1CCN(c2nc3cc(Cl)ccc3o2)CC1)c1ccnc(C(F)(F)F)c1. The highest BCUT2D eigenvalue weighted by Crippen LogP contribution is 2.28. The molecule has 29 heavy (non-hydrogen) atoms. The molecule has 0 atom stereocenters. The number of rotatable bonds is 3. The van der Waals surface area contributed by atoms with Crippen molar-refractivity contribution in [1.82, 2.24) is 15.3 Å². The van der Waals surface area contributed by atoms with Gasteiger partial charge in [-0.25, -0.2) is 0 Å². The molecule has 1 aromatic carbocycles. The van der Waals surface area contributed by atoms with E-state index < -0.39 is 17.8 Å². The second-order valence-corrected chi connectivity index (χ2v) is 7.21. The second-order valence-electron chi connectivity index (χ2n) is 6.77. The largest absolute Gasteiger partial charge is 0.433 e. The maximum Gasteiger partial charge on any atom is 0.433 e. The first-order valence-electron chi connectivity index (χ1n) is 8.95. The van der Waals surface area contributed by atoms with E-state index in [1.165, 1.54) is 6.07 Å². The van der Waals surface area contributed by atoms with E-state index in [2.05, 4.69) is 15.3 Å². The molecule has 0 bridgehead atoms. The lowest BCUT2D eigenvalue weighted by Crippen LogP contribution is -2.44. The highest BCUT2D eigenvalue weighted by Gasteiger charge is 2.33. The van der Waals surface area contributed by atoms with E-state index in [4.69, 9.17) is 16.0 Å². The fraction of sp³-hybridized carbons (Fsp3) is 0.316. The Morgan fingerprint density at radius 3 is 2.69 bits per heavy atom. The average Bonchev–Trinajstić information content (AvgIpc) is 3.11. The number of piperidine rings is 1. The van der Waals surface area contributed by atoms with Crippen molar-refractivity contribution in [1.29, 1.82) is 0 Å². The van der Waals surface area contributed by atoms with Crippen molar-refractivity contribution in [2.24, 2.45) is 0 Å². The van der Waals surface area contributed by atoms with Gasteiger partial charge in [-0.2, -0.15) is 18.2 Å². The van der Waals surface area contributed by atoms with E-state index >= 15 is 0 Å². The molecule has 0 radical (unpaired) electrons. The fourth-order valence-electron chi connectivity index (χ4n) is 3.23. The molecule has 3 heterocycles. The topological polar surface area (TPSA) is 71.3 Å². The van der Waals surface area contributed by atoms with Crippen LogP contribution in [0.3, 0.4) is 0 Å². The van der Waals surface area contributed by atoms with Crippen molar-refractivity contribution in [2.45, 2.75) is 25.1 Å². The van der Waals surface area contributed by atoms with Crippen molar-refractivity contribution < 1.29 is 22.4 Å². The van der Waals surface area contributed by atoms with Crippen LogP contribution >= 0.6 is 11.6 Å². The van der Waals surface area contributed by atoms with Gasteiger partial charge in [0, 0.05) is 35.9 Å². The van der Waals surface area contributed by atoms with Gasteiger partial charge < -0.3 is 14.6 Å².